The first-order valence-electron chi connectivity index (χ1n) is 10.9. The van der Waals surface area contributed by atoms with Gasteiger partial charge in [0.1, 0.15) is 27.0 Å². The first-order chi connectivity index (χ1) is 19.1. The minimum absolute atomic E-state index is 0.153. The van der Waals surface area contributed by atoms with Crippen LogP contribution in [-0.2, 0) is 0 Å². The Bertz CT molecular complexity index is 1770. The van der Waals surface area contributed by atoms with E-state index >= 15 is 0 Å². The number of rotatable bonds is 2. The van der Waals surface area contributed by atoms with E-state index < -0.39 is 35.9 Å². The highest BCUT2D eigenvalue weighted by Gasteiger charge is 2.20. The fraction of sp³-hybridized carbons (Fsp3) is 0. The summed E-state index contributed by atoms with van der Waals surface area (Å²) in [5.74, 6) is -3.23. The quantitative estimate of drug-likeness (QED) is 0.150. The minimum atomic E-state index is -2.10. The lowest BCUT2D eigenvalue weighted by atomic mass is 9.79. The third kappa shape index (κ3) is 6.70. The van der Waals surface area contributed by atoms with Crippen LogP contribution in [-0.4, -0.2) is 46.4 Å². The van der Waals surface area contributed by atoms with Crippen molar-refractivity contribution in [2.75, 3.05) is 0 Å². The molecule has 0 amide bonds. The standard InChI is InChI=1S/C12H6ClF2N3.C6H5BF2O2.C6H3ClIN3/c13-7-4-11-16-6-10(18(11)17-5-7)12-8(14)2-1-3-9(12)15;8-4-2-1-3-5(9)6(4)7(10)11;7-4-1-6-9-3-5(8)11(6)10-2-4/h1-6H;1-3,10-11H;1-3H. The molecule has 0 unspecified atom stereocenters. The Morgan fingerprint density at radius 2 is 1.18 bits per heavy atom. The molecule has 0 aliphatic carbocycles. The van der Waals surface area contributed by atoms with Gasteiger partial charge in [0, 0.05) is 12.1 Å². The highest BCUT2D eigenvalue weighted by Crippen LogP contribution is 2.26. The first-order valence-corrected chi connectivity index (χ1v) is 12.8. The lowest BCUT2D eigenvalue weighted by Crippen LogP contribution is -2.35. The van der Waals surface area contributed by atoms with Crippen LogP contribution in [0.2, 0.25) is 10.0 Å². The SMILES string of the molecule is Clc1cnn2c(I)cnc2c1.Fc1cccc(F)c1-c1cnc2cc(Cl)cnn12.OB(O)c1c(F)cccc1F. The second-order valence-electron chi connectivity index (χ2n) is 7.72. The molecule has 0 radical (unpaired) electrons. The predicted molar refractivity (Wildman–Crippen MR) is 150 cm³/mol. The summed E-state index contributed by atoms with van der Waals surface area (Å²) < 4.78 is 56.5. The van der Waals surface area contributed by atoms with E-state index in [1.807, 2.05) is 0 Å². The third-order valence-corrected chi connectivity index (χ3v) is 6.24. The van der Waals surface area contributed by atoms with Crippen molar-refractivity contribution in [1.29, 1.82) is 0 Å². The summed E-state index contributed by atoms with van der Waals surface area (Å²) >= 11 is 13.6. The van der Waals surface area contributed by atoms with E-state index in [0.29, 0.717) is 15.7 Å². The van der Waals surface area contributed by atoms with Crippen LogP contribution in [0.15, 0.2) is 73.3 Å². The first kappa shape index (κ1) is 29.7. The summed E-state index contributed by atoms with van der Waals surface area (Å²) in [6.45, 7) is 0. The molecule has 0 bridgehead atoms. The molecule has 4 heterocycles. The van der Waals surface area contributed by atoms with Gasteiger partial charge in [0.25, 0.3) is 0 Å². The maximum Gasteiger partial charge on any atom is 0.494 e. The van der Waals surface area contributed by atoms with Crippen LogP contribution in [0.3, 0.4) is 0 Å². The van der Waals surface area contributed by atoms with Gasteiger partial charge in [-0.1, -0.05) is 35.3 Å². The van der Waals surface area contributed by atoms with Gasteiger partial charge in [0.15, 0.2) is 11.3 Å². The minimum Gasteiger partial charge on any atom is -0.423 e. The van der Waals surface area contributed by atoms with E-state index in [1.165, 1.54) is 35.1 Å². The average Bonchev–Trinajstić information content (AvgIpc) is 3.47. The zero-order valence-corrected chi connectivity index (χ0v) is 23.4. The van der Waals surface area contributed by atoms with Crippen molar-refractivity contribution in [3.05, 3.63) is 110 Å². The average molecular weight is 703 g/mol. The van der Waals surface area contributed by atoms with Gasteiger partial charge in [-0.3, -0.25) is 0 Å². The zero-order chi connectivity index (χ0) is 29.0. The molecule has 6 aromatic rings. The Balaban J connectivity index is 0.000000146. The molecule has 4 aromatic heterocycles. The molecule has 2 aromatic carbocycles. The largest absolute Gasteiger partial charge is 0.494 e. The summed E-state index contributed by atoms with van der Waals surface area (Å²) in [5.41, 5.74) is 0.589. The molecule has 0 aliphatic rings. The summed E-state index contributed by atoms with van der Waals surface area (Å²) in [6, 6.07) is 10.1. The topological polar surface area (TPSA) is 101 Å². The van der Waals surface area contributed by atoms with Gasteiger partial charge in [-0.2, -0.15) is 10.2 Å². The molecular weight excluding hydrogens is 689 g/mol. The van der Waals surface area contributed by atoms with E-state index in [-0.39, 0.29) is 11.3 Å². The summed E-state index contributed by atoms with van der Waals surface area (Å²) in [5, 5.41) is 26.0. The van der Waals surface area contributed by atoms with Gasteiger partial charge in [-0.05, 0) is 46.9 Å². The number of hydrogen-bond acceptors (Lipinski definition) is 6. The number of aromatic nitrogens is 6. The molecule has 0 spiro atoms. The molecule has 0 fully saturated rings. The number of hydrogen-bond donors (Lipinski definition) is 2. The summed E-state index contributed by atoms with van der Waals surface area (Å²) in [7, 11) is -2.10. The van der Waals surface area contributed by atoms with Crippen molar-refractivity contribution < 1.29 is 27.6 Å². The van der Waals surface area contributed by atoms with Crippen LogP contribution in [0.25, 0.3) is 22.6 Å². The zero-order valence-electron chi connectivity index (χ0n) is 19.7. The van der Waals surface area contributed by atoms with E-state index in [2.05, 4.69) is 42.8 Å². The molecular formula is C24H14BCl2F4IN6O2. The molecule has 8 nitrogen and oxygen atoms in total. The van der Waals surface area contributed by atoms with E-state index in [9.17, 15) is 17.6 Å². The predicted octanol–water partition coefficient (Wildman–Crippen LogP) is 4.96. The van der Waals surface area contributed by atoms with Crippen molar-refractivity contribution in [3.8, 4) is 11.3 Å². The van der Waals surface area contributed by atoms with Crippen LogP contribution in [0.4, 0.5) is 17.6 Å². The number of fused-ring (bicyclic) bond motifs is 2. The highest BCUT2D eigenvalue weighted by molar-refractivity contribution is 14.1. The van der Waals surface area contributed by atoms with Crippen LogP contribution in [0.1, 0.15) is 0 Å². The molecule has 16 heteroatoms. The lowest BCUT2D eigenvalue weighted by Gasteiger charge is -2.03. The number of benzene rings is 2. The van der Waals surface area contributed by atoms with Gasteiger partial charge < -0.3 is 10.0 Å². The Morgan fingerprint density at radius 3 is 1.70 bits per heavy atom. The van der Waals surface area contributed by atoms with Crippen molar-refractivity contribution in [2.24, 2.45) is 0 Å². The number of imidazole rings is 2. The van der Waals surface area contributed by atoms with Crippen LogP contribution < -0.4 is 5.46 Å². The van der Waals surface area contributed by atoms with E-state index in [0.717, 1.165) is 27.5 Å². The van der Waals surface area contributed by atoms with Crippen molar-refractivity contribution in [1.82, 2.24) is 29.2 Å². The Labute approximate surface area is 247 Å². The molecule has 0 aliphatic heterocycles. The van der Waals surface area contributed by atoms with Gasteiger partial charge in [0.05, 0.1) is 51.6 Å². The van der Waals surface area contributed by atoms with E-state index in [4.69, 9.17) is 33.2 Å². The van der Waals surface area contributed by atoms with Crippen molar-refractivity contribution >= 4 is 69.7 Å². The fourth-order valence-corrected chi connectivity index (χ4v) is 4.14. The number of halogens is 7. The number of nitrogens with zero attached hydrogens (tertiary/aromatic N) is 6. The van der Waals surface area contributed by atoms with Crippen molar-refractivity contribution in [3.63, 3.8) is 0 Å². The molecule has 6 rings (SSSR count). The Kier molecular flexibility index (Phi) is 9.58. The van der Waals surface area contributed by atoms with E-state index in [1.54, 1.807) is 29.0 Å². The molecule has 0 atom stereocenters. The monoisotopic (exact) mass is 702 g/mol. The second kappa shape index (κ2) is 12.9. The second-order valence-corrected chi connectivity index (χ2v) is 9.70. The normalized spacial score (nSPS) is 10.6. The molecule has 0 saturated heterocycles. The summed E-state index contributed by atoms with van der Waals surface area (Å²) in [6.07, 6.45) is 6.09. The Morgan fingerprint density at radius 1 is 0.700 bits per heavy atom. The molecule has 204 valence electrons. The van der Waals surface area contributed by atoms with Crippen molar-refractivity contribution in [2.45, 2.75) is 0 Å². The maximum absolute atomic E-state index is 13.7. The van der Waals surface area contributed by atoms with Crippen LogP contribution in [0.5, 0.6) is 0 Å². The van der Waals surface area contributed by atoms with Gasteiger partial charge >= 0.3 is 7.12 Å². The Hall–Kier alpha value is -3.31. The fourth-order valence-electron chi connectivity index (χ4n) is 3.35. The molecule has 40 heavy (non-hydrogen) atoms. The molecule has 0 saturated carbocycles. The third-order valence-electron chi connectivity index (χ3n) is 5.09. The lowest BCUT2D eigenvalue weighted by molar-refractivity contribution is 0.419. The maximum atomic E-state index is 13.7. The van der Waals surface area contributed by atoms with Gasteiger partial charge in [-0.25, -0.2) is 36.6 Å². The van der Waals surface area contributed by atoms with Crippen LogP contribution >= 0.6 is 45.8 Å². The smallest absolute Gasteiger partial charge is 0.423 e. The highest BCUT2D eigenvalue weighted by atomic mass is 127. The molecule has 2 N–H and O–H groups in total. The van der Waals surface area contributed by atoms with Gasteiger partial charge in [-0.15, -0.1) is 0 Å². The van der Waals surface area contributed by atoms with Gasteiger partial charge in [0.2, 0.25) is 0 Å². The van der Waals surface area contributed by atoms with Crippen LogP contribution in [0, 0.1) is 27.0 Å². The summed E-state index contributed by atoms with van der Waals surface area (Å²) in [4.78, 5) is 8.11.